The molecule has 2 heterocycles. The van der Waals surface area contributed by atoms with Gasteiger partial charge in [-0.15, -0.1) is 0 Å². The minimum Gasteiger partial charge on any atom is -0.367 e. The predicted octanol–water partition coefficient (Wildman–Crippen LogP) is 1.71. The first-order valence-electron chi connectivity index (χ1n) is 7.02. The van der Waals surface area contributed by atoms with Crippen LogP contribution in [-0.4, -0.2) is 45.8 Å². The first-order chi connectivity index (χ1) is 10.6. The topological polar surface area (TPSA) is 67.4 Å². The van der Waals surface area contributed by atoms with E-state index in [9.17, 15) is 14.5 Å². The van der Waals surface area contributed by atoms with E-state index in [1.807, 2.05) is 11.0 Å². The molecule has 0 bridgehead atoms. The van der Waals surface area contributed by atoms with Crippen molar-refractivity contribution in [2.45, 2.75) is 6.67 Å². The lowest BCUT2D eigenvalue weighted by Gasteiger charge is -2.35. The number of para-hydroxylation sites is 1. The summed E-state index contributed by atoms with van der Waals surface area (Å²) in [4.78, 5) is 14.3. The molecule has 1 aliphatic rings. The molecule has 1 saturated heterocycles. The van der Waals surface area contributed by atoms with Crippen molar-refractivity contribution in [2.75, 3.05) is 31.1 Å². The third kappa shape index (κ3) is 3.06. The average Bonchev–Trinajstić information content (AvgIpc) is 2.98. The number of nitro groups is 1. The highest BCUT2D eigenvalue weighted by atomic mass is 19.1. The van der Waals surface area contributed by atoms with Crippen LogP contribution < -0.4 is 4.90 Å². The van der Waals surface area contributed by atoms with Crippen LogP contribution in [0.25, 0.3) is 0 Å². The lowest BCUT2D eigenvalue weighted by atomic mass is 10.2. The van der Waals surface area contributed by atoms with Crippen LogP contribution in [-0.2, 0) is 6.67 Å². The van der Waals surface area contributed by atoms with E-state index in [0.29, 0.717) is 25.4 Å². The fraction of sp³-hybridized carbons (Fsp3) is 0.357. The molecule has 3 rings (SSSR count). The van der Waals surface area contributed by atoms with Crippen molar-refractivity contribution in [3.05, 3.63) is 52.6 Å². The van der Waals surface area contributed by atoms with Gasteiger partial charge in [-0.2, -0.15) is 5.10 Å². The van der Waals surface area contributed by atoms with Gasteiger partial charge in [0.15, 0.2) is 0 Å². The first kappa shape index (κ1) is 14.5. The van der Waals surface area contributed by atoms with Gasteiger partial charge in [0.25, 0.3) is 0 Å². The molecule has 116 valence electrons. The Morgan fingerprint density at radius 3 is 2.59 bits per heavy atom. The molecule has 8 heteroatoms. The summed E-state index contributed by atoms with van der Waals surface area (Å²) in [6.07, 6.45) is 2.67. The molecule has 7 nitrogen and oxygen atoms in total. The largest absolute Gasteiger partial charge is 0.367 e. The van der Waals surface area contributed by atoms with Gasteiger partial charge in [0.2, 0.25) is 0 Å². The molecule has 0 radical (unpaired) electrons. The van der Waals surface area contributed by atoms with Crippen molar-refractivity contribution >= 4 is 11.4 Å². The molecule has 0 atom stereocenters. The number of benzene rings is 1. The Kier molecular flexibility index (Phi) is 4.01. The minimum atomic E-state index is -0.459. The fourth-order valence-electron chi connectivity index (χ4n) is 2.57. The zero-order valence-corrected chi connectivity index (χ0v) is 11.9. The minimum absolute atomic E-state index is 0.00927. The molecule has 0 unspecified atom stereocenters. The molecular weight excluding hydrogens is 289 g/mol. The summed E-state index contributed by atoms with van der Waals surface area (Å²) in [6, 6.07) is 6.75. The van der Waals surface area contributed by atoms with Gasteiger partial charge in [0, 0.05) is 26.2 Å². The van der Waals surface area contributed by atoms with Crippen LogP contribution in [0, 0.1) is 15.9 Å². The maximum Gasteiger partial charge on any atom is 0.307 e. The van der Waals surface area contributed by atoms with Crippen molar-refractivity contribution < 1.29 is 9.31 Å². The zero-order valence-electron chi connectivity index (χ0n) is 11.9. The number of hydrogen-bond donors (Lipinski definition) is 0. The Hall–Kier alpha value is -2.48. The van der Waals surface area contributed by atoms with E-state index in [2.05, 4.69) is 10.00 Å². The second-order valence-corrected chi connectivity index (χ2v) is 5.19. The van der Waals surface area contributed by atoms with E-state index in [4.69, 9.17) is 0 Å². The normalized spacial score (nSPS) is 16.0. The Morgan fingerprint density at radius 1 is 1.23 bits per heavy atom. The third-order valence-corrected chi connectivity index (χ3v) is 3.74. The van der Waals surface area contributed by atoms with Crippen LogP contribution in [0.15, 0.2) is 36.7 Å². The SMILES string of the molecule is O=[N+]([O-])c1cnn(CN2CCN(c3ccccc3F)CC2)c1. The van der Waals surface area contributed by atoms with Gasteiger partial charge in [-0.25, -0.2) is 4.39 Å². The third-order valence-electron chi connectivity index (χ3n) is 3.74. The van der Waals surface area contributed by atoms with E-state index in [-0.39, 0.29) is 11.5 Å². The molecule has 0 amide bonds. The van der Waals surface area contributed by atoms with Gasteiger partial charge < -0.3 is 4.90 Å². The summed E-state index contributed by atoms with van der Waals surface area (Å²) in [5.74, 6) is -0.210. The monoisotopic (exact) mass is 305 g/mol. The van der Waals surface area contributed by atoms with Crippen molar-refractivity contribution in [1.29, 1.82) is 0 Å². The zero-order chi connectivity index (χ0) is 15.5. The van der Waals surface area contributed by atoms with E-state index in [1.165, 1.54) is 18.5 Å². The van der Waals surface area contributed by atoms with Crippen molar-refractivity contribution in [2.24, 2.45) is 0 Å². The van der Waals surface area contributed by atoms with E-state index in [1.54, 1.807) is 16.8 Å². The van der Waals surface area contributed by atoms with Gasteiger partial charge in [0.05, 0.1) is 17.3 Å². The molecule has 1 fully saturated rings. The van der Waals surface area contributed by atoms with Crippen LogP contribution in [0.3, 0.4) is 0 Å². The predicted molar refractivity (Wildman–Crippen MR) is 79.1 cm³/mol. The molecule has 1 aromatic heterocycles. The number of anilines is 1. The van der Waals surface area contributed by atoms with Crippen LogP contribution in [0.1, 0.15) is 0 Å². The van der Waals surface area contributed by atoms with E-state index in [0.717, 1.165) is 13.1 Å². The summed E-state index contributed by atoms with van der Waals surface area (Å²) in [5.41, 5.74) is 0.613. The van der Waals surface area contributed by atoms with Crippen molar-refractivity contribution in [1.82, 2.24) is 14.7 Å². The highest BCUT2D eigenvalue weighted by Crippen LogP contribution is 2.20. The first-order valence-corrected chi connectivity index (χ1v) is 7.02. The van der Waals surface area contributed by atoms with Gasteiger partial charge in [-0.05, 0) is 12.1 Å². The number of nitrogens with zero attached hydrogens (tertiary/aromatic N) is 5. The molecule has 0 saturated carbocycles. The number of rotatable bonds is 4. The second kappa shape index (κ2) is 6.10. The van der Waals surface area contributed by atoms with Crippen molar-refractivity contribution in [3.63, 3.8) is 0 Å². The number of hydrogen-bond acceptors (Lipinski definition) is 5. The molecule has 0 N–H and O–H groups in total. The van der Waals surface area contributed by atoms with Gasteiger partial charge in [-0.3, -0.25) is 19.7 Å². The van der Waals surface area contributed by atoms with Gasteiger partial charge >= 0.3 is 5.69 Å². The van der Waals surface area contributed by atoms with E-state index < -0.39 is 4.92 Å². The van der Waals surface area contributed by atoms with E-state index >= 15 is 0 Å². The lowest BCUT2D eigenvalue weighted by molar-refractivity contribution is -0.385. The Balaban J connectivity index is 1.57. The van der Waals surface area contributed by atoms with Crippen LogP contribution in [0.5, 0.6) is 0 Å². The molecule has 0 spiro atoms. The Bertz CT molecular complexity index is 667. The lowest BCUT2D eigenvalue weighted by Crippen LogP contribution is -2.47. The second-order valence-electron chi connectivity index (χ2n) is 5.19. The molecular formula is C14H16FN5O2. The van der Waals surface area contributed by atoms with Crippen LogP contribution in [0.2, 0.25) is 0 Å². The van der Waals surface area contributed by atoms with Crippen LogP contribution in [0.4, 0.5) is 15.8 Å². The average molecular weight is 305 g/mol. The molecule has 22 heavy (non-hydrogen) atoms. The quantitative estimate of drug-likeness (QED) is 0.635. The smallest absolute Gasteiger partial charge is 0.307 e. The molecule has 0 aliphatic carbocycles. The highest BCUT2D eigenvalue weighted by Gasteiger charge is 2.20. The van der Waals surface area contributed by atoms with Crippen molar-refractivity contribution in [3.8, 4) is 0 Å². The van der Waals surface area contributed by atoms with Gasteiger partial charge in [-0.1, -0.05) is 12.1 Å². The summed E-state index contributed by atoms with van der Waals surface area (Å²) >= 11 is 0. The van der Waals surface area contributed by atoms with Gasteiger partial charge in [0.1, 0.15) is 18.2 Å². The summed E-state index contributed by atoms with van der Waals surface area (Å²) < 4.78 is 15.3. The standard InChI is InChI=1S/C14H16FN5O2/c15-13-3-1-2-4-14(13)18-7-5-17(6-8-18)11-19-10-12(9-16-19)20(21)22/h1-4,9-10H,5-8,11H2. The fourth-order valence-corrected chi connectivity index (χ4v) is 2.57. The Morgan fingerprint density at radius 2 is 1.95 bits per heavy atom. The van der Waals surface area contributed by atoms with Crippen LogP contribution >= 0.6 is 0 Å². The molecule has 1 aromatic carbocycles. The summed E-state index contributed by atoms with van der Waals surface area (Å²) in [5, 5.41) is 14.6. The highest BCUT2D eigenvalue weighted by molar-refractivity contribution is 5.47. The maximum absolute atomic E-state index is 13.8. The molecule has 1 aliphatic heterocycles. The number of piperazine rings is 1. The summed E-state index contributed by atoms with van der Waals surface area (Å²) in [6.45, 7) is 3.43. The number of aromatic nitrogens is 2. The number of halogens is 1. The molecule has 2 aromatic rings. The maximum atomic E-state index is 13.8. The summed E-state index contributed by atoms with van der Waals surface area (Å²) in [7, 11) is 0. The Labute approximate surface area is 126 Å².